The predicted octanol–water partition coefficient (Wildman–Crippen LogP) is 2.65. The van der Waals surface area contributed by atoms with Gasteiger partial charge in [0.05, 0.1) is 5.60 Å². The van der Waals surface area contributed by atoms with Gasteiger partial charge in [-0.05, 0) is 31.7 Å². The van der Waals surface area contributed by atoms with Crippen LogP contribution in [0.1, 0.15) is 30.4 Å². The van der Waals surface area contributed by atoms with Crippen LogP contribution in [0.3, 0.4) is 0 Å². The van der Waals surface area contributed by atoms with Crippen molar-refractivity contribution in [3.63, 3.8) is 0 Å². The highest BCUT2D eigenvalue weighted by atomic mass is 16.5. The molecule has 2 nitrogen and oxygen atoms in total. The van der Waals surface area contributed by atoms with Crippen LogP contribution in [-0.2, 0) is 11.3 Å². The number of aryl methyl sites for hydroxylation is 1. The lowest BCUT2D eigenvalue weighted by atomic mass is 9.80. The lowest BCUT2D eigenvalue weighted by Crippen LogP contribution is -2.47. The Bertz CT molecular complexity index is 322. The quantitative estimate of drug-likeness (QED) is 0.822. The third-order valence-corrected chi connectivity index (χ3v) is 3.59. The monoisotopic (exact) mass is 219 g/mol. The molecule has 0 atom stereocenters. The third kappa shape index (κ3) is 2.63. The molecule has 2 rings (SSSR count). The highest BCUT2D eigenvalue weighted by Gasteiger charge is 2.36. The lowest BCUT2D eigenvalue weighted by Gasteiger charge is -2.40. The Morgan fingerprint density at radius 3 is 2.44 bits per heavy atom. The van der Waals surface area contributed by atoms with E-state index >= 15 is 0 Å². The standard InChI is InChI=1S/C14H21NO/c1-12-4-6-13(7-5-12)10-15-11-14(16-2)8-3-9-14/h4-7,15H,3,8-11H2,1-2H3. The number of nitrogens with one attached hydrogen (secondary N) is 1. The maximum atomic E-state index is 5.57. The zero-order chi connectivity index (χ0) is 11.4. The Morgan fingerprint density at radius 1 is 1.25 bits per heavy atom. The Hall–Kier alpha value is -0.860. The number of hydrogen-bond donors (Lipinski definition) is 1. The molecular weight excluding hydrogens is 198 g/mol. The van der Waals surface area contributed by atoms with Crippen LogP contribution in [0.4, 0.5) is 0 Å². The van der Waals surface area contributed by atoms with Gasteiger partial charge in [0.15, 0.2) is 0 Å². The maximum Gasteiger partial charge on any atom is 0.0802 e. The largest absolute Gasteiger partial charge is 0.377 e. The fraction of sp³-hybridized carbons (Fsp3) is 0.571. The number of rotatable bonds is 5. The summed E-state index contributed by atoms with van der Waals surface area (Å²) >= 11 is 0. The fourth-order valence-electron chi connectivity index (χ4n) is 2.16. The normalized spacial score (nSPS) is 18.1. The van der Waals surface area contributed by atoms with Crippen LogP contribution in [0, 0.1) is 6.92 Å². The fourth-order valence-corrected chi connectivity index (χ4v) is 2.16. The van der Waals surface area contributed by atoms with Gasteiger partial charge in [-0.2, -0.15) is 0 Å². The van der Waals surface area contributed by atoms with Crippen molar-refractivity contribution in [1.82, 2.24) is 5.32 Å². The molecule has 88 valence electrons. The second kappa shape index (κ2) is 4.98. The molecule has 0 unspecified atom stereocenters. The van der Waals surface area contributed by atoms with Crippen LogP contribution < -0.4 is 5.32 Å². The van der Waals surface area contributed by atoms with E-state index in [1.165, 1.54) is 30.4 Å². The van der Waals surface area contributed by atoms with Crippen molar-refractivity contribution in [2.45, 2.75) is 38.3 Å². The average Bonchev–Trinajstić information content (AvgIpc) is 2.25. The number of ether oxygens (including phenoxy) is 1. The van der Waals surface area contributed by atoms with Crippen molar-refractivity contribution in [2.75, 3.05) is 13.7 Å². The van der Waals surface area contributed by atoms with Crippen LogP contribution in [0.25, 0.3) is 0 Å². The maximum absolute atomic E-state index is 5.57. The van der Waals surface area contributed by atoms with Gasteiger partial charge in [-0.3, -0.25) is 0 Å². The molecule has 0 spiro atoms. The second-order valence-corrected chi connectivity index (χ2v) is 4.83. The van der Waals surface area contributed by atoms with Gasteiger partial charge in [0.25, 0.3) is 0 Å². The molecule has 0 aromatic heterocycles. The number of benzene rings is 1. The molecule has 0 saturated heterocycles. The van der Waals surface area contributed by atoms with Crippen molar-refractivity contribution >= 4 is 0 Å². The van der Waals surface area contributed by atoms with Crippen LogP contribution >= 0.6 is 0 Å². The topological polar surface area (TPSA) is 21.3 Å². The van der Waals surface area contributed by atoms with E-state index in [2.05, 4.69) is 36.5 Å². The zero-order valence-electron chi connectivity index (χ0n) is 10.3. The van der Waals surface area contributed by atoms with E-state index in [1.807, 2.05) is 7.11 Å². The summed E-state index contributed by atoms with van der Waals surface area (Å²) in [7, 11) is 1.83. The first-order valence-corrected chi connectivity index (χ1v) is 6.06. The molecule has 1 fully saturated rings. The van der Waals surface area contributed by atoms with Crippen LogP contribution in [0.5, 0.6) is 0 Å². The van der Waals surface area contributed by atoms with E-state index in [0.29, 0.717) is 0 Å². The zero-order valence-corrected chi connectivity index (χ0v) is 10.3. The van der Waals surface area contributed by atoms with Gasteiger partial charge < -0.3 is 10.1 Å². The average molecular weight is 219 g/mol. The molecule has 1 saturated carbocycles. The first-order chi connectivity index (χ1) is 7.74. The molecule has 1 aliphatic rings. The van der Waals surface area contributed by atoms with Gasteiger partial charge in [-0.25, -0.2) is 0 Å². The summed E-state index contributed by atoms with van der Waals surface area (Å²) < 4.78 is 5.57. The molecule has 1 aromatic carbocycles. The molecular formula is C14H21NO. The Morgan fingerprint density at radius 2 is 1.94 bits per heavy atom. The summed E-state index contributed by atoms with van der Waals surface area (Å²) in [5.41, 5.74) is 2.79. The summed E-state index contributed by atoms with van der Waals surface area (Å²) in [6, 6.07) is 8.68. The Kier molecular flexibility index (Phi) is 3.62. The molecule has 2 heteroatoms. The minimum Gasteiger partial charge on any atom is -0.377 e. The van der Waals surface area contributed by atoms with E-state index in [-0.39, 0.29) is 5.60 Å². The number of hydrogen-bond acceptors (Lipinski definition) is 2. The summed E-state index contributed by atoms with van der Waals surface area (Å²) in [5.74, 6) is 0. The summed E-state index contributed by atoms with van der Waals surface area (Å²) in [5, 5.41) is 3.49. The SMILES string of the molecule is COC1(CNCc2ccc(C)cc2)CCC1. The van der Waals surface area contributed by atoms with E-state index in [0.717, 1.165) is 13.1 Å². The van der Waals surface area contributed by atoms with Gasteiger partial charge in [0, 0.05) is 20.2 Å². The van der Waals surface area contributed by atoms with Gasteiger partial charge in [-0.1, -0.05) is 29.8 Å². The molecule has 1 aliphatic carbocycles. The summed E-state index contributed by atoms with van der Waals surface area (Å²) in [4.78, 5) is 0. The third-order valence-electron chi connectivity index (χ3n) is 3.59. The minimum atomic E-state index is 0.130. The first kappa shape index (κ1) is 11.6. The van der Waals surface area contributed by atoms with E-state index in [4.69, 9.17) is 4.74 Å². The molecule has 0 heterocycles. The molecule has 0 aliphatic heterocycles. The van der Waals surface area contributed by atoms with Gasteiger partial charge >= 0.3 is 0 Å². The van der Waals surface area contributed by atoms with Gasteiger partial charge in [0.1, 0.15) is 0 Å². The summed E-state index contributed by atoms with van der Waals surface area (Å²) in [6.07, 6.45) is 3.70. The van der Waals surface area contributed by atoms with E-state index in [9.17, 15) is 0 Å². The highest BCUT2D eigenvalue weighted by molar-refractivity contribution is 5.21. The predicted molar refractivity (Wildman–Crippen MR) is 66.5 cm³/mol. The van der Waals surface area contributed by atoms with Crippen molar-refractivity contribution in [3.8, 4) is 0 Å². The Labute approximate surface area is 98.0 Å². The molecule has 0 bridgehead atoms. The second-order valence-electron chi connectivity index (χ2n) is 4.83. The van der Waals surface area contributed by atoms with Gasteiger partial charge in [0.2, 0.25) is 0 Å². The first-order valence-electron chi connectivity index (χ1n) is 6.06. The highest BCUT2D eigenvalue weighted by Crippen LogP contribution is 2.34. The lowest BCUT2D eigenvalue weighted by molar-refractivity contribution is -0.0695. The van der Waals surface area contributed by atoms with E-state index in [1.54, 1.807) is 0 Å². The molecule has 0 radical (unpaired) electrons. The number of methoxy groups -OCH3 is 1. The van der Waals surface area contributed by atoms with E-state index < -0.39 is 0 Å². The molecule has 1 aromatic rings. The van der Waals surface area contributed by atoms with Crippen molar-refractivity contribution < 1.29 is 4.74 Å². The smallest absolute Gasteiger partial charge is 0.0802 e. The molecule has 0 amide bonds. The minimum absolute atomic E-state index is 0.130. The Balaban J connectivity index is 1.77. The van der Waals surface area contributed by atoms with Crippen molar-refractivity contribution in [2.24, 2.45) is 0 Å². The van der Waals surface area contributed by atoms with Crippen LogP contribution in [0.2, 0.25) is 0 Å². The molecule has 1 N–H and O–H groups in total. The van der Waals surface area contributed by atoms with Crippen molar-refractivity contribution in [3.05, 3.63) is 35.4 Å². The summed E-state index contributed by atoms with van der Waals surface area (Å²) in [6.45, 7) is 4.02. The van der Waals surface area contributed by atoms with Crippen LogP contribution in [0.15, 0.2) is 24.3 Å². The molecule has 16 heavy (non-hydrogen) atoms. The van der Waals surface area contributed by atoms with Gasteiger partial charge in [-0.15, -0.1) is 0 Å². The van der Waals surface area contributed by atoms with Crippen LogP contribution in [-0.4, -0.2) is 19.3 Å². The van der Waals surface area contributed by atoms with Crippen molar-refractivity contribution in [1.29, 1.82) is 0 Å².